The first kappa shape index (κ1) is 20.0. The molecule has 4 aromatic rings. The van der Waals surface area contributed by atoms with Gasteiger partial charge in [-0.05, 0) is 29.8 Å². The molecule has 0 fully saturated rings. The number of nitrogens with zero attached hydrogens (tertiary/aromatic N) is 3. The molecule has 30 heavy (non-hydrogen) atoms. The van der Waals surface area contributed by atoms with Crippen molar-refractivity contribution >= 4 is 40.1 Å². The first-order valence-electron chi connectivity index (χ1n) is 9.04. The maximum atomic E-state index is 12.7. The summed E-state index contributed by atoms with van der Waals surface area (Å²) in [6, 6.07) is 14.7. The SMILES string of the molecule is COc1ccccc1/C=C/C=c1\sc2nc(=O)c(Cc3ccc(Cl)cc3)nn2c1=O. The summed E-state index contributed by atoms with van der Waals surface area (Å²) < 4.78 is 6.93. The van der Waals surface area contributed by atoms with Gasteiger partial charge in [0.15, 0.2) is 0 Å². The highest BCUT2D eigenvalue weighted by atomic mass is 35.5. The van der Waals surface area contributed by atoms with Gasteiger partial charge in [-0.15, -0.1) is 0 Å². The second-order valence-corrected chi connectivity index (χ2v) is 7.85. The van der Waals surface area contributed by atoms with E-state index < -0.39 is 5.56 Å². The Balaban J connectivity index is 1.69. The molecule has 2 aromatic carbocycles. The molecule has 0 radical (unpaired) electrons. The van der Waals surface area contributed by atoms with Crippen LogP contribution in [0.25, 0.3) is 17.1 Å². The zero-order valence-electron chi connectivity index (χ0n) is 15.9. The van der Waals surface area contributed by atoms with Crippen molar-refractivity contribution in [1.29, 1.82) is 0 Å². The standard InChI is InChI=1S/C22H16ClN3O3S/c1-29-18-7-3-2-5-15(18)6-4-8-19-21(28)26-22(30-19)24-20(27)17(25-26)13-14-9-11-16(23)12-10-14/h2-12H,13H2,1H3/b6-4+,19-8-. The second-order valence-electron chi connectivity index (χ2n) is 6.40. The fourth-order valence-electron chi connectivity index (χ4n) is 2.90. The van der Waals surface area contributed by atoms with Crippen LogP contribution in [0.4, 0.5) is 0 Å². The van der Waals surface area contributed by atoms with Gasteiger partial charge >= 0.3 is 0 Å². The summed E-state index contributed by atoms with van der Waals surface area (Å²) in [6.07, 6.45) is 5.56. The van der Waals surface area contributed by atoms with E-state index in [1.165, 1.54) is 4.52 Å². The predicted octanol–water partition coefficient (Wildman–Crippen LogP) is 2.98. The molecule has 150 valence electrons. The van der Waals surface area contributed by atoms with Crippen molar-refractivity contribution in [2.45, 2.75) is 6.42 Å². The Kier molecular flexibility index (Phi) is 5.74. The lowest BCUT2D eigenvalue weighted by Gasteiger charge is -2.02. The van der Waals surface area contributed by atoms with Crippen molar-refractivity contribution in [2.75, 3.05) is 7.11 Å². The van der Waals surface area contributed by atoms with Gasteiger partial charge in [-0.3, -0.25) is 9.59 Å². The number of thiazole rings is 1. The van der Waals surface area contributed by atoms with Gasteiger partial charge < -0.3 is 4.74 Å². The lowest BCUT2D eigenvalue weighted by Crippen LogP contribution is -2.27. The van der Waals surface area contributed by atoms with E-state index >= 15 is 0 Å². The van der Waals surface area contributed by atoms with Crippen LogP contribution in [0.15, 0.2) is 64.2 Å². The first-order chi connectivity index (χ1) is 14.5. The van der Waals surface area contributed by atoms with Crippen LogP contribution < -0.4 is 20.4 Å². The van der Waals surface area contributed by atoms with Gasteiger partial charge in [0.2, 0.25) is 4.96 Å². The molecule has 2 aromatic heterocycles. The number of ether oxygens (including phenoxy) is 1. The van der Waals surface area contributed by atoms with E-state index in [1.807, 2.05) is 42.5 Å². The van der Waals surface area contributed by atoms with E-state index in [-0.39, 0.29) is 22.6 Å². The molecular formula is C22H16ClN3O3S. The van der Waals surface area contributed by atoms with Gasteiger partial charge in [-0.1, -0.05) is 65.4 Å². The summed E-state index contributed by atoms with van der Waals surface area (Å²) in [7, 11) is 1.61. The van der Waals surface area contributed by atoms with E-state index in [2.05, 4.69) is 10.1 Å². The van der Waals surface area contributed by atoms with Crippen molar-refractivity contribution in [1.82, 2.24) is 14.6 Å². The number of halogens is 1. The molecule has 0 N–H and O–H groups in total. The zero-order chi connectivity index (χ0) is 21.1. The number of hydrogen-bond acceptors (Lipinski definition) is 6. The minimum atomic E-state index is -0.442. The zero-order valence-corrected chi connectivity index (χ0v) is 17.5. The van der Waals surface area contributed by atoms with Crippen molar-refractivity contribution < 1.29 is 4.74 Å². The highest BCUT2D eigenvalue weighted by Gasteiger charge is 2.11. The smallest absolute Gasteiger partial charge is 0.296 e. The highest BCUT2D eigenvalue weighted by molar-refractivity contribution is 7.15. The molecule has 4 rings (SSSR count). The van der Waals surface area contributed by atoms with E-state index in [1.54, 1.807) is 31.4 Å². The summed E-state index contributed by atoms with van der Waals surface area (Å²) >= 11 is 7.02. The van der Waals surface area contributed by atoms with Crippen LogP contribution >= 0.6 is 22.9 Å². The molecule has 0 spiro atoms. The molecule has 0 saturated heterocycles. The lowest BCUT2D eigenvalue weighted by molar-refractivity contribution is 0.414. The van der Waals surface area contributed by atoms with Crippen molar-refractivity contribution in [3.63, 3.8) is 0 Å². The van der Waals surface area contributed by atoms with E-state index in [4.69, 9.17) is 16.3 Å². The van der Waals surface area contributed by atoms with Gasteiger partial charge in [0, 0.05) is 17.0 Å². The van der Waals surface area contributed by atoms with Gasteiger partial charge in [0.25, 0.3) is 11.1 Å². The topological polar surface area (TPSA) is 73.6 Å². The Bertz CT molecular complexity index is 1410. The molecule has 6 nitrogen and oxygen atoms in total. The fourth-order valence-corrected chi connectivity index (χ4v) is 3.89. The Morgan fingerprint density at radius 3 is 2.67 bits per heavy atom. The molecule has 8 heteroatoms. The van der Waals surface area contributed by atoms with Crippen LogP contribution in [-0.4, -0.2) is 21.7 Å². The third-order valence-corrected chi connectivity index (χ3v) is 5.63. The maximum Gasteiger partial charge on any atom is 0.296 e. The Hall–Kier alpha value is -3.29. The van der Waals surface area contributed by atoms with Gasteiger partial charge in [-0.2, -0.15) is 14.6 Å². The van der Waals surface area contributed by atoms with Crippen LogP contribution in [0.5, 0.6) is 5.75 Å². The van der Waals surface area contributed by atoms with E-state index in [0.29, 0.717) is 9.55 Å². The quantitative estimate of drug-likeness (QED) is 0.480. The van der Waals surface area contributed by atoms with Crippen LogP contribution in [0.1, 0.15) is 16.8 Å². The summed E-state index contributed by atoms with van der Waals surface area (Å²) in [5.74, 6) is 0.737. The summed E-state index contributed by atoms with van der Waals surface area (Å²) in [6.45, 7) is 0. The molecule has 0 amide bonds. The van der Waals surface area contributed by atoms with Crippen LogP contribution in [0.3, 0.4) is 0 Å². The molecule has 0 aliphatic heterocycles. The summed E-state index contributed by atoms with van der Waals surface area (Å²) in [4.78, 5) is 29.4. The average Bonchev–Trinajstić information content (AvgIpc) is 3.05. The van der Waals surface area contributed by atoms with Gasteiger partial charge in [0.1, 0.15) is 11.4 Å². The van der Waals surface area contributed by atoms with Crippen LogP contribution in [0, 0.1) is 0 Å². The molecule has 2 heterocycles. The molecule has 0 unspecified atom stereocenters. The molecule has 0 bridgehead atoms. The Morgan fingerprint density at radius 2 is 1.90 bits per heavy atom. The van der Waals surface area contributed by atoms with Gasteiger partial charge in [-0.25, -0.2) is 0 Å². The summed E-state index contributed by atoms with van der Waals surface area (Å²) in [5.41, 5.74) is 1.20. The first-order valence-corrected chi connectivity index (χ1v) is 10.2. The second kappa shape index (κ2) is 8.61. The number of aromatic nitrogens is 3. The minimum Gasteiger partial charge on any atom is -0.496 e. The molecule has 0 aliphatic carbocycles. The number of methoxy groups -OCH3 is 1. The lowest BCUT2D eigenvalue weighted by atomic mass is 10.1. The number of rotatable bonds is 5. The normalized spacial score (nSPS) is 12.1. The van der Waals surface area contributed by atoms with Crippen LogP contribution in [0.2, 0.25) is 5.02 Å². The molecule has 0 atom stereocenters. The number of para-hydroxylation sites is 1. The van der Waals surface area contributed by atoms with E-state index in [0.717, 1.165) is 28.2 Å². The molecule has 0 saturated carbocycles. The van der Waals surface area contributed by atoms with Crippen LogP contribution in [-0.2, 0) is 6.42 Å². The minimum absolute atomic E-state index is 0.209. The summed E-state index contributed by atoms with van der Waals surface area (Å²) in [5, 5.41) is 4.86. The Morgan fingerprint density at radius 1 is 1.13 bits per heavy atom. The fraction of sp³-hybridized carbons (Fsp3) is 0.0909. The third kappa shape index (κ3) is 4.17. The highest BCUT2D eigenvalue weighted by Crippen LogP contribution is 2.18. The largest absolute Gasteiger partial charge is 0.496 e. The number of hydrogen-bond donors (Lipinski definition) is 0. The molecular weight excluding hydrogens is 422 g/mol. The van der Waals surface area contributed by atoms with Gasteiger partial charge in [0.05, 0.1) is 11.6 Å². The number of allylic oxidation sites excluding steroid dienone is 1. The number of benzene rings is 2. The van der Waals surface area contributed by atoms with Crippen molar-refractivity contribution in [3.8, 4) is 5.75 Å². The average molecular weight is 438 g/mol. The monoisotopic (exact) mass is 437 g/mol. The molecule has 0 aliphatic rings. The maximum absolute atomic E-state index is 12.7. The number of fused-ring (bicyclic) bond motifs is 1. The third-order valence-electron chi connectivity index (χ3n) is 4.40. The van der Waals surface area contributed by atoms with E-state index in [9.17, 15) is 9.59 Å². The Labute approximate surface area is 180 Å². The van der Waals surface area contributed by atoms with Crippen molar-refractivity contribution in [2.24, 2.45) is 0 Å². The predicted molar refractivity (Wildman–Crippen MR) is 119 cm³/mol. The van der Waals surface area contributed by atoms with Crippen molar-refractivity contribution in [3.05, 3.63) is 102 Å².